The van der Waals surface area contributed by atoms with Crippen molar-refractivity contribution < 1.29 is 31.9 Å². The van der Waals surface area contributed by atoms with Crippen LogP contribution in [0.15, 0.2) is 35.7 Å². The summed E-state index contributed by atoms with van der Waals surface area (Å²) in [5, 5.41) is 9.18. The van der Waals surface area contributed by atoms with Crippen molar-refractivity contribution in [3.63, 3.8) is 0 Å². The highest BCUT2D eigenvalue weighted by molar-refractivity contribution is 7.98. The van der Waals surface area contributed by atoms with Gasteiger partial charge in [0.05, 0.1) is 36.9 Å². The predicted octanol–water partition coefficient (Wildman–Crippen LogP) is 4.60. The number of carboxylic acid groups (broad SMARTS) is 1. The van der Waals surface area contributed by atoms with Gasteiger partial charge in [0.15, 0.2) is 5.16 Å². The van der Waals surface area contributed by atoms with E-state index < -0.39 is 43.1 Å². The standard InChI is InChI=1S/C21H19F5N4O2S/c1-2-29-8-16(30-10-20(23,24)21(25,26)11-30)18-15(29)7-27-19(28-18)33-9-12-3-4-14(22)13(5-12)6-17(31)32/h3-5,7-8H,2,6,9-11H2,1H3,(H,31,32). The van der Waals surface area contributed by atoms with Crippen LogP contribution in [0.3, 0.4) is 0 Å². The number of alkyl halides is 4. The van der Waals surface area contributed by atoms with Crippen molar-refractivity contribution in [3.8, 4) is 0 Å². The van der Waals surface area contributed by atoms with Crippen molar-refractivity contribution >= 4 is 34.5 Å². The first-order valence-electron chi connectivity index (χ1n) is 9.99. The molecule has 0 atom stereocenters. The van der Waals surface area contributed by atoms with Crippen LogP contribution in [-0.2, 0) is 23.5 Å². The van der Waals surface area contributed by atoms with Gasteiger partial charge in [-0.05, 0) is 24.1 Å². The molecule has 2 aromatic heterocycles. The van der Waals surface area contributed by atoms with Crippen LogP contribution in [0.25, 0.3) is 11.0 Å². The number of aromatic nitrogens is 3. The summed E-state index contributed by atoms with van der Waals surface area (Å²) in [6, 6.07) is 4.15. The Hall–Kier alpha value is -2.89. The van der Waals surface area contributed by atoms with Crippen molar-refractivity contribution in [1.29, 1.82) is 0 Å². The van der Waals surface area contributed by atoms with E-state index in [1.54, 1.807) is 4.57 Å². The van der Waals surface area contributed by atoms with Gasteiger partial charge >= 0.3 is 17.8 Å². The number of rotatable bonds is 7. The van der Waals surface area contributed by atoms with Gasteiger partial charge in [-0.2, -0.15) is 17.6 Å². The SMILES string of the molecule is CCn1cc(N2CC(F)(F)C(F)(F)C2)c2nc(SCc3ccc(F)c(CC(=O)O)c3)ncc21. The molecular formula is C21H19F5N4O2S. The van der Waals surface area contributed by atoms with Gasteiger partial charge < -0.3 is 14.6 Å². The van der Waals surface area contributed by atoms with Gasteiger partial charge in [-0.25, -0.2) is 14.4 Å². The number of anilines is 1. The smallest absolute Gasteiger partial charge is 0.329 e. The van der Waals surface area contributed by atoms with E-state index in [4.69, 9.17) is 5.11 Å². The quantitative estimate of drug-likeness (QED) is 0.299. The molecule has 33 heavy (non-hydrogen) atoms. The topological polar surface area (TPSA) is 71.2 Å². The second-order valence-electron chi connectivity index (χ2n) is 7.74. The third-order valence-corrected chi connectivity index (χ3v) is 6.33. The second-order valence-corrected chi connectivity index (χ2v) is 8.68. The fourth-order valence-electron chi connectivity index (χ4n) is 3.70. The molecule has 0 radical (unpaired) electrons. The average Bonchev–Trinajstić information content (AvgIpc) is 3.21. The van der Waals surface area contributed by atoms with Gasteiger partial charge in [0.25, 0.3) is 0 Å². The van der Waals surface area contributed by atoms with Crippen LogP contribution in [0.1, 0.15) is 18.1 Å². The van der Waals surface area contributed by atoms with Crippen LogP contribution in [0, 0.1) is 5.82 Å². The average molecular weight is 486 g/mol. The van der Waals surface area contributed by atoms with E-state index in [9.17, 15) is 26.7 Å². The van der Waals surface area contributed by atoms with Crippen LogP contribution in [-0.4, -0.2) is 50.5 Å². The van der Waals surface area contributed by atoms with E-state index in [2.05, 4.69) is 9.97 Å². The Morgan fingerprint density at radius 3 is 2.55 bits per heavy atom. The van der Waals surface area contributed by atoms with Gasteiger partial charge in [0.1, 0.15) is 11.3 Å². The summed E-state index contributed by atoms with van der Waals surface area (Å²) in [6.07, 6.45) is 2.57. The minimum absolute atomic E-state index is 0.0511. The van der Waals surface area contributed by atoms with E-state index in [0.29, 0.717) is 23.4 Å². The zero-order valence-corrected chi connectivity index (χ0v) is 18.2. The molecule has 1 aliphatic heterocycles. The summed E-state index contributed by atoms with van der Waals surface area (Å²) in [4.78, 5) is 20.5. The Kier molecular flexibility index (Phi) is 5.97. The number of thioether (sulfide) groups is 1. The summed E-state index contributed by atoms with van der Waals surface area (Å²) >= 11 is 1.17. The van der Waals surface area contributed by atoms with Gasteiger partial charge in [0.2, 0.25) is 0 Å². The highest BCUT2D eigenvalue weighted by Gasteiger charge is 2.63. The van der Waals surface area contributed by atoms with E-state index >= 15 is 0 Å². The lowest BCUT2D eigenvalue weighted by Crippen LogP contribution is -2.38. The zero-order valence-electron chi connectivity index (χ0n) is 17.4. The highest BCUT2D eigenvalue weighted by Crippen LogP contribution is 2.44. The number of hydrogen-bond acceptors (Lipinski definition) is 5. The molecule has 3 heterocycles. The monoisotopic (exact) mass is 486 g/mol. The molecule has 0 spiro atoms. The first kappa shape index (κ1) is 23.3. The van der Waals surface area contributed by atoms with E-state index in [-0.39, 0.29) is 21.9 Å². The Labute approximate surface area is 189 Å². The molecule has 1 aromatic carbocycles. The minimum Gasteiger partial charge on any atom is -0.481 e. The van der Waals surface area contributed by atoms with Crippen molar-refractivity contribution in [2.45, 2.75) is 42.6 Å². The number of carboxylic acids is 1. The molecule has 12 heteroatoms. The molecule has 1 aliphatic rings. The molecule has 176 valence electrons. The summed E-state index contributed by atoms with van der Waals surface area (Å²) in [6.45, 7) is 0.0612. The summed E-state index contributed by atoms with van der Waals surface area (Å²) in [5.74, 6) is -9.77. The summed E-state index contributed by atoms with van der Waals surface area (Å²) in [5.41, 5.74) is 1.69. The predicted molar refractivity (Wildman–Crippen MR) is 113 cm³/mol. The molecule has 1 saturated heterocycles. The maximum Gasteiger partial charge on any atom is 0.329 e. The number of nitrogens with zero attached hydrogens (tertiary/aromatic N) is 4. The highest BCUT2D eigenvalue weighted by atomic mass is 32.2. The molecule has 0 bridgehead atoms. The largest absolute Gasteiger partial charge is 0.481 e. The lowest BCUT2D eigenvalue weighted by molar-refractivity contribution is -0.172. The number of benzene rings is 1. The van der Waals surface area contributed by atoms with Crippen molar-refractivity contribution in [2.75, 3.05) is 18.0 Å². The van der Waals surface area contributed by atoms with E-state index in [0.717, 1.165) is 4.90 Å². The molecule has 0 unspecified atom stereocenters. The van der Waals surface area contributed by atoms with Gasteiger partial charge in [0, 0.05) is 18.5 Å². The van der Waals surface area contributed by atoms with Crippen molar-refractivity contribution in [3.05, 3.63) is 47.5 Å². The molecule has 0 aliphatic carbocycles. The number of carbonyl (C=O) groups is 1. The Morgan fingerprint density at radius 2 is 1.91 bits per heavy atom. The number of aliphatic carboxylic acids is 1. The molecule has 0 saturated carbocycles. The van der Waals surface area contributed by atoms with Gasteiger partial charge in [-0.15, -0.1) is 0 Å². The van der Waals surface area contributed by atoms with Crippen LogP contribution >= 0.6 is 11.8 Å². The zero-order chi connectivity index (χ0) is 24.0. The van der Waals surface area contributed by atoms with Crippen LogP contribution in [0.2, 0.25) is 0 Å². The van der Waals surface area contributed by atoms with E-state index in [1.807, 2.05) is 6.92 Å². The molecule has 1 N–H and O–H groups in total. The lowest BCUT2D eigenvalue weighted by atomic mass is 10.1. The minimum atomic E-state index is -4.14. The maximum absolute atomic E-state index is 13.8. The van der Waals surface area contributed by atoms with Crippen LogP contribution in [0.4, 0.5) is 27.6 Å². The molecule has 0 amide bonds. The third kappa shape index (κ3) is 4.48. The molecule has 4 rings (SSSR count). The molecular weight excluding hydrogens is 467 g/mol. The number of fused-ring (bicyclic) bond motifs is 1. The summed E-state index contributed by atoms with van der Waals surface area (Å²) < 4.78 is 70.6. The fraction of sp³-hybridized carbons (Fsp3) is 0.381. The van der Waals surface area contributed by atoms with Crippen molar-refractivity contribution in [1.82, 2.24) is 14.5 Å². The van der Waals surface area contributed by atoms with Gasteiger partial charge in [-0.1, -0.05) is 23.9 Å². The molecule has 6 nitrogen and oxygen atoms in total. The van der Waals surface area contributed by atoms with E-state index in [1.165, 1.54) is 42.4 Å². The fourth-order valence-corrected chi connectivity index (χ4v) is 4.46. The second kappa shape index (κ2) is 8.47. The number of aryl methyl sites for hydroxylation is 1. The van der Waals surface area contributed by atoms with Crippen molar-refractivity contribution in [2.24, 2.45) is 0 Å². The normalized spacial score (nSPS) is 17.1. The first-order valence-corrected chi connectivity index (χ1v) is 11.0. The summed E-state index contributed by atoms with van der Waals surface area (Å²) in [7, 11) is 0. The first-order chi connectivity index (χ1) is 15.5. The maximum atomic E-state index is 13.8. The Bertz CT molecular complexity index is 1200. The number of halogens is 5. The molecule has 3 aromatic rings. The van der Waals surface area contributed by atoms with Crippen LogP contribution in [0.5, 0.6) is 0 Å². The number of hydrogen-bond donors (Lipinski definition) is 1. The Balaban J connectivity index is 1.61. The Morgan fingerprint density at radius 1 is 1.21 bits per heavy atom. The van der Waals surface area contributed by atoms with Crippen LogP contribution < -0.4 is 4.90 Å². The third-order valence-electron chi connectivity index (χ3n) is 5.39. The molecule has 1 fully saturated rings. The van der Waals surface area contributed by atoms with Gasteiger partial charge in [-0.3, -0.25) is 4.79 Å². The lowest BCUT2D eigenvalue weighted by Gasteiger charge is -2.15.